The van der Waals surface area contributed by atoms with E-state index < -0.39 is 22.7 Å². The average Bonchev–Trinajstić information content (AvgIpc) is 2.98. The Morgan fingerprint density at radius 2 is 1.96 bits per heavy atom. The summed E-state index contributed by atoms with van der Waals surface area (Å²) in [6, 6.07) is 8.32. The monoisotopic (exact) mass is 368 g/mol. The van der Waals surface area contributed by atoms with Crippen molar-refractivity contribution < 1.29 is 22.7 Å². The molecule has 0 bridgehead atoms. The van der Waals surface area contributed by atoms with Crippen LogP contribution in [-0.4, -0.2) is 18.0 Å². The van der Waals surface area contributed by atoms with Gasteiger partial charge in [-0.05, 0) is 30.3 Å². The number of fused-ring (bicyclic) bond motifs is 1. The zero-order valence-corrected chi connectivity index (χ0v) is 13.6. The smallest absolute Gasteiger partial charge is 0.417 e. The van der Waals surface area contributed by atoms with E-state index in [1.165, 1.54) is 19.4 Å². The normalized spacial score (nSPS) is 11.6. The van der Waals surface area contributed by atoms with Crippen molar-refractivity contribution in [2.24, 2.45) is 0 Å². The number of amides is 1. The topological polar surface area (TPSA) is 54.1 Å². The van der Waals surface area contributed by atoms with E-state index in [2.05, 4.69) is 10.3 Å². The summed E-state index contributed by atoms with van der Waals surface area (Å²) in [5, 5.41) is 2.66. The highest BCUT2D eigenvalue weighted by molar-refractivity contribution is 6.31. The highest BCUT2D eigenvalue weighted by Gasteiger charge is 2.33. The minimum atomic E-state index is -4.60. The van der Waals surface area contributed by atoms with E-state index in [0.29, 0.717) is 22.2 Å². The van der Waals surface area contributed by atoms with E-state index in [4.69, 9.17) is 16.3 Å². The molecule has 0 unspecified atom stereocenters. The molecule has 1 heterocycles. The molecule has 1 aromatic heterocycles. The van der Waals surface area contributed by atoms with Crippen LogP contribution in [0.1, 0.15) is 15.9 Å². The molecular weight excluding hydrogens is 357 g/mol. The number of aromatic amines is 1. The number of carbonyl (C=O) groups is 1. The molecule has 4 nitrogen and oxygen atoms in total. The summed E-state index contributed by atoms with van der Waals surface area (Å²) < 4.78 is 43.8. The van der Waals surface area contributed by atoms with Gasteiger partial charge in [-0.15, -0.1) is 0 Å². The summed E-state index contributed by atoms with van der Waals surface area (Å²) in [4.78, 5) is 15.3. The van der Waals surface area contributed by atoms with Crippen LogP contribution in [-0.2, 0) is 6.18 Å². The number of methoxy groups -OCH3 is 1. The fourth-order valence-electron chi connectivity index (χ4n) is 2.44. The second kappa shape index (κ2) is 6.33. The molecule has 0 aliphatic heterocycles. The lowest BCUT2D eigenvalue weighted by atomic mass is 10.1. The summed E-state index contributed by atoms with van der Waals surface area (Å²) in [7, 11) is 1.52. The summed E-state index contributed by atoms with van der Waals surface area (Å²) in [6.07, 6.45) is -3.12. The van der Waals surface area contributed by atoms with Gasteiger partial charge in [0.25, 0.3) is 5.91 Å². The Morgan fingerprint density at radius 1 is 1.20 bits per heavy atom. The van der Waals surface area contributed by atoms with Gasteiger partial charge in [-0.25, -0.2) is 0 Å². The number of benzene rings is 2. The predicted octanol–water partition coefficient (Wildman–Crippen LogP) is 5.10. The number of H-pyrrole nitrogens is 1. The first-order chi connectivity index (χ1) is 11.8. The van der Waals surface area contributed by atoms with E-state index in [9.17, 15) is 18.0 Å². The third kappa shape index (κ3) is 3.41. The van der Waals surface area contributed by atoms with Crippen molar-refractivity contribution >= 4 is 34.1 Å². The van der Waals surface area contributed by atoms with Crippen LogP contribution in [0.2, 0.25) is 5.02 Å². The lowest BCUT2D eigenvalue weighted by Crippen LogP contribution is -2.13. The van der Waals surface area contributed by atoms with Gasteiger partial charge >= 0.3 is 6.18 Å². The molecule has 0 saturated heterocycles. The number of halogens is 4. The molecule has 0 saturated carbocycles. The van der Waals surface area contributed by atoms with E-state index in [1.807, 2.05) is 0 Å². The molecule has 0 fully saturated rings. The van der Waals surface area contributed by atoms with Crippen LogP contribution in [0, 0.1) is 0 Å². The number of carbonyl (C=O) groups excluding carboxylic acids is 1. The van der Waals surface area contributed by atoms with Crippen molar-refractivity contribution in [2.75, 3.05) is 12.4 Å². The third-order valence-electron chi connectivity index (χ3n) is 3.66. The molecule has 8 heteroatoms. The molecule has 1 amide bonds. The maximum Gasteiger partial charge on any atom is 0.417 e. The van der Waals surface area contributed by atoms with Crippen molar-refractivity contribution in [2.45, 2.75) is 6.18 Å². The number of aromatic nitrogens is 1. The number of hydrogen-bond acceptors (Lipinski definition) is 2. The summed E-state index contributed by atoms with van der Waals surface area (Å²) in [5.41, 5.74) is -0.0158. The van der Waals surface area contributed by atoms with Crippen LogP contribution in [0.4, 0.5) is 18.9 Å². The van der Waals surface area contributed by atoms with Gasteiger partial charge in [0.1, 0.15) is 5.75 Å². The Bertz CT molecular complexity index is 951. The minimum absolute atomic E-state index is 0.00425. The van der Waals surface area contributed by atoms with Crippen LogP contribution in [0.5, 0.6) is 5.75 Å². The lowest BCUT2D eigenvalue weighted by molar-refractivity contribution is -0.137. The van der Waals surface area contributed by atoms with Gasteiger partial charge in [0.05, 0.1) is 23.3 Å². The Morgan fingerprint density at radius 3 is 2.64 bits per heavy atom. The second-order valence-electron chi connectivity index (χ2n) is 5.26. The summed E-state index contributed by atoms with van der Waals surface area (Å²) in [5.74, 6) is 0.0840. The third-order valence-corrected chi connectivity index (χ3v) is 3.99. The highest BCUT2D eigenvalue weighted by atomic mass is 35.5. The zero-order valence-electron chi connectivity index (χ0n) is 12.9. The fourth-order valence-corrected chi connectivity index (χ4v) is 2.66. The van der Waals surface area contributed by atoms with E-state index >= 15 is 0 Å². The number of rotatable bonds is 3. The maximum absolute atomic E-state index is 12.9. The van der Waals surface area contributed by atoms with Crippen LogP contribution in [0.3, 0.4) is 0 Å². The number of alkyl halides is 3. The van der Waals surface area contributed by atoms with Crippen molar-refractivity contribution in [3.8, 4) is 5.75 Å². The standard InChI is InChI=1S/C17H12ClF3N2O2/c1-25-10-3-4-11-12(8-22-15(11)7-10)16(24)23-9-2-5-14(18)13(6-9)17(19,20)21/h2-8,22H,1H3,(H,23,24). The van der Waals surface area contributed by atoms with Gasteiger partial charge in [-0.1, -0.05) is 11.6 Å². The molecule has 0 aliphatic carbocycles. The van der Waals surface area contributed by atoms with Gasteiger partial charge in [-0.3, -0.25) is 4.79 Å². The van der Waals surface area contributed by atoms with Crippen LogP contribution in [0.15, 0.2) is 42.6 Å². The SMILES string of the molecule is COc1ccc2c(C(=O)Nc3ccc(Cl)c(C(F)(F)F)c3)c[nH]c2c1. The molecule has 130 valence electrons. The molecule has 3 rings (SSSR count). The molecule has 2 aromatic carbocycles. The predicted molar refractivity (Wildman–Crippen MR) is 89.3 cm³/mol. The number of nitrogens with one attached hydrogen (secondary N) is 2. The number of anilines is 1. The Balaban J connectivity index is 1.90. The largest absolute Gasteiger partial charge is 0.497 e. The lowest BCUT2D eigenvalue weighted by Gasteiger charge is -2.11. The first kappa shape index (κ1) is 17.2. The molecule has 2 N–H and O–H groups in total. The van der Waals surface area contributed by atoms with Gasteiger partial charge in [0, 0.05) is 28.9 Å². The molecular formula is C17H12ClF3N2O2. The average molecular weight is 369 g/mol. The van der Waals surface area contributed by atoms with Gasteiger partial charge < -0.3 is 15.0 Å². The maximum atomic E-state index is 12.9. The minimum Gasteiger partial charge on any atom is -0.497 e. The molecule has 0 spiro atoms. The van der Waals surface area contributed by atoms with Crippen LogP contribution in [0.25, 0.3) is 10.9 Å². The first-order valence-corrected chi connectivity index (χ1v) is 7.50. The Labute approximate surface area is 145 Å². The number of hydrogen-bond donors (Lipinski definition) is 2. The van der Waals surface area contributed by atoms with Gasteiger partial charge in [0.15, 0.2) is 0 Å². The molecule has 0 radical (unpaired) electrons. The van der Waals surface area contributed by atoms with Gasteiger partial charge in [0.2, 0.25) is 0 Å². The quantitative estimate of drug-likeness (QED) is 0.675. The molecule has 25 heavy (non-hydrogen) atoms. The molecule has 0 aliphatic rings. The van der Waals surface area contributed by atoms with Crippen LogP contribution >= 0.6 is 11.6 Å². The zero-order chi connectivity index (χ0) is 18.2. The molecule has 0 atom stereocenters. The van der Waals surface area contributed by atoms with Crippen molar-refractivity contribution in [3.63, 3.8) is 0 Å². The van der Waals surface area contributed by atoms with Crippen molar-refractivity contribution in [1.82, 2.24) is 4.98 Å². The Hall–Kier alpha value is -2.67. The van der Waals surface area contributed by atoms with E-state index in [0.717, 1.165) is 12.1 Å². The van der Waals surface area contributed by atoms with Crippen LogP contribution < -0.4 is 10.1 Å². The summed E-state index contributed by atoms with van der Waals surface area (Å²) in [6.45, 7) is 0. The number of ether oxygens (including phenoxy) is 1. The fraction of sp³-hybridized carbons (Fsp3) is 0.118. The van der Waals surface area contributed by atoms with Gasteiger partial charge in [-0.2, -0.15) is 13.2 Å². The van der Waals surface area contributed by atoms with Crippen molar-refractivity contribution in [3.05, 3.63) is 58.7 Å². The van der Waals surface area contributed by atoms with Crippen molar-refractivity contribution in [1.29, 1.82) is 0 Å². The van der Waals surface area contributed by atoms with E-state index in [1.54, 1.807) is 18.2 Å². The molecule has 3 aromatic rings. The second-order valence-corrected chi connectivity index (χ2v) is 5.67. The Kier molecular flexibility index (Phi) is 4.34. The first-order valence-electron chi connectivity index (χ1n) is 7.13. The van der Waals surface area contributed by atoms with E-state index in [-0.39, 0.29) is 5.69 Å². The summed E-state index contributed by atoms with van der Waals surface area (Å²) >= 11 is 5.57. The highest BCUT2D eigenvalue weighted by Crippen LogP contribution is 2.36.